The second kappa shape index (κ2) is 23.7. The van der Waals surface area contributed by atoms with Gasteiger partial charge in [-0.15, -0.1) is 0 Å². The van der Waals surface area contributed by atoms with E-state index in [1.165, 1.54) is 58.3 Å². The smallest absolute Gasteiger partial charge is 0.295 e. The van der Waals surface area contributed by atoms with Gasteiger partial charge in [-0.3, -0.25) is 28.2 Å². The summed E-state index contributed by atoms with van der Waals surface area (Å²) in [5, 5.41) is 43.6. The number of nitriles is 2. The normalized spacial score (nSPS) is 12.6. The molecule has 6 rings (SSSR count). The molecule has 0 aliphatic heterocycles. The number of hydrogen-bond acceptors (Lipinski definition) is 22. The minimum Gasteiger partial charge on any atom is -0.395 e. The minimum absolute atomic E-state index is 0.00563. The number of nitrogens with one attached hydrogen (secondary N) is 4. The number of aromatic amines is 2. The highest BCUT2D eigenvalue weighted by Crippen LogP contribution is 2.28. The van der Waals surface area contributed by atoms with Gasteiger partial charge >= 0.3 is 0 Å². The molecule has 2 aromatic heterocycles. The Morgan fingerprint density at radius 2 is 0.892 bits per heavy atom. The third-order valence-corrected chi connectivity index (χ3v) is 13.5. The molecular weight excluding hydrogens is 1050 g/mol. The Bertz CT molecular complexity index is 3520. The van der Waals surface area contributed by atoms with Gasteiger partial charge < -0.3 is 30.6 Å². The maximum absolute atomic E-state index is 12.8. The van der Waals surface area contributed by atoms with Crippen LogP contribution in [0.15, 0.2) is 114 Å². The summed E-state index contributed by atoms with van der Waals surface area (Å²) >= 11 is 0. The molecule has 28 nitrogen and oxygen atoms in total. The van der Waals surface area contributed by atoms with Crippen LogP contribution in [0.2, 0.25) is 0 Å². The molecule has 0 amide bonds. The average Bonchev–Trinajstić information content (AvgIpc) is 3.33. The van der Waals surface area contributed by atoms with E-state index in [1.54, 1.807) is 0 Å². The summed E-state index contributed by atoms with van der Waals surface area (Å²) in [6.45, 7) is -0.594. The number of aromatic nitrogens is 6. The summed E-state index contributed by atoms with van der Waals surface area (Å²) in [5.74, 6) is -0.235. The molecule has 0 saturated heterocycles. The summed E-state index contributed by atoms with van der Waals surface area (Å²) in [4.78, 5) is 32.5. The van der Waals surface area contributed by atoms with Crippen LogP contribution in [0.5, 0.6) is 0 Å². The molecule has 2 heterocycles. The van der Waals surface area contributed by atoms with Gasteiger partial charge in [-0.05, 0) is 83.9 Å². The van der Waals surface area contributed by atoms with Crippen molar-refractivity contribution in [1.82, 2.24) is 29.9 Å². The molecule has 4 aromatic carbocycles. The maximum Gasteiger partial charge on any atom is 0.295 e. The molecule has 0 aliphatic rings. The molecule has 388 valence electrons. The van der Waals surface area contributed by atoms with Crippen LogP contribution in [0.25, 0.3) is 12.2 Å². The Hall–Kier alpha value is -8.02. The summed E-state index contributed by atoms with van der Waals surface area (Å²) in [6, 6.07) is 20.6. The second-order valence-electron chi connectivity index (χ2n) is 15.1. The summed E-state index contributed by atoms with van der Waals surface area (Å²) in [7, 11) is -19.1. The standard InChI is InChI=1S/C42H42N14O14S4/c43-17-1-19-55(21-23-57)41-51-37(45-29-9-13-33(14-10-29)71(59,60)61)49-39(53-41)47-31-7-5-27(35(25-31)73(65,66)67)3-4-28-6-8-32(26-36(28)74(68,69)70)48-40-50-38(46-30-11-15-34(16-12-30)72(62,63)64)52-42(54-40)56(22-24-58)20-2-18-44/h3-16,25-26,57-58H,1-2,19-24H2,(H,59,60,61)(H,62,63,64)(H,65,66,67)(H,68,69,70)(H2,45,47,49,51,53)(H2,46,48,50,52,54)/b4-3+. The number of aliphatic hydroxyl groups is 2. The zero-order valence-corrected chi connectivity index (χ0v) is 41.2. The third-order valence-electron chi connectivity index (χ3n) is 9.90. The number of H-pyrrole nitrogens is 2. The second-order valence-corrected chi connectivity index (χ2v) is 20.7. The van der Waals surface area contributed by atoms with Crippen LogP contribution in [-0.2, 0) is 40.5 Å². The van der Waals surface area contributed by atoms with E-state index >= 15 is 0 Å². The fraction of sp³-hybridized carbons (Fsp3) is 0.190. The van der Waals surface area contributed by atoms with Gasteiger partial charge in [0.25, 0.3) is 40.5 Å². The average molecular weight is 1100 g/mol. The van der Waals surface area contributed by atoms with E-state index in [2.05, 4.69) is 50.5 Å². The van der Waals surface area contributed by atoms with Gasteiger partial charge in [-0.2, -0.15) is 64.1 Å². The van der Waals surface area contributed by atoms with Gasteiger partial charge in [0.1, 0.15) is 9.79 Å². The van der Waals surface area contributed by atoms with Gasteiger partial charge in [0.05, 0.1) is 59.4 Å². The highest BCUT2D eigenvalue weighted by atomic mass is 32.2. The van der Waals surface area contributed by atoms with Crippen molar-refractivity contribution in [3.63, 3.8) is 0 Å². The fourth-order valence-electron chi connectivity index (χ4n) is 6.55. The van der Waals surface area contributed by atoms with Crippen molar-refractivity contribution in [2.45, 2.75) is 32.4 Å². The van der Waals surface area contributed by atoms with Crippen molar-refractivity contribution < 1.29 is 62.1 Å². The van der Waals surface area contributed by atoms with Gasteiger partial charge in [-0.1, -0.05) is 24.3 Å². The molecular formula is C42H42N14O14S4. The lowest BCUT2D eigenvalue weighted by Crippen LogP contribution is -2.32. The maximum atomic E-state index is 12.8. The van der Waals surface area contributed by atoms with Crippen molar-refractivity contribution in [2.75, 3.05) is 59.8 Å². The first-order valence-electron chi connectivity index (χ1n) is 21.1. The first kappa shape index (κ1) is 55.3. The SMILES string of the molecule is N#CCCN(CCO)c1nc(Nc2ccc(S(=O)(=O)O)cc2)nc(=Nc2ccc(/C=C/c3ccc(N=c4nc(Nc5ccc(S(=O)(=O)O)cc5)nc(N(CCO)CCC#N)[nH]4)cc3S(=O)(=O)O)c(S(=O)(=O)O)c2)[nH]1. The lowest BCUT2D eigenvalue weighted by Gasteiger charge is -2.21. The molecule has 0 aliphatic carbocycles. The van der Waals surface area contributed by atoms with E-state index < -0.39 is 60.1 Å². The van der Waals surface area contributed by atoms with Crippen LogP contribution in [-0.4, -0.2) is 131 Å². The van der Waals surface area contributed by atoms with Crippen molar-refractivity contribution in [3.05, 3.63) is 107 Å². The van der Waals surface area contributed by atoms with Crippen LogP contribution in [0.3, 0.4) is 0 Å². The predicted molar refractivity (Wildman–Crippen MR) is 263 cm³/mol. The van der Waals surface area contributed by atoms with Crippen molar-refractivity contribution >= 4 is 99.2 Å². The topological polar surface area (TPSA) is 444 Å². The number of rotatable bonds is 22. The molecule has 6 aromatic rings. The molecule has 0 spiro atoms. The van der Waals surface area contributed by atoms with E-state index in [0.717, 1.165) is 48.6 Å². The first-order chi connectivity index (χ1) is 35.0. The zero-order valence-electron chi connectivity index (χ0n) is 37.9. The predicted octanol–water partition coefficient (Wildman–Crippen LogP) is 2.46. The first-order valence-corrected chi connectivity index (χ1v) is 26.9. The molecule has 0 atom stereocenters. The van der Waals surface area contributed by atoms with Crippen molar-refractivity contribution in [3.8, 4) is 12.1 Å². The van der Waals surface area contributed by atoms with Crippen LogP contribution in [0, 0.1) is 22.7 Å². The molecule has 10 N–H and O–H groups in total. The van der Waals surface area contributed by atoms with Gasteiger partial charge in [0.2, 0.25) is 35.0 Å². The molecule has 74 heavy (non-hydrogen) atoms. The number of nitrogens with zero attached hydrogens (tertiary/aromatic N) is 10. The molecule has 32 heteroatoms. The molecule has 0 saturated carbocycles. The quantitative estimate of drug-likeness (QED) is 0.0345. The van der Waals surface area contributed by atoms with Gasteiger partial charge in [0, 0.05) is 37.6 Å². The van der Waals surface area contributed by atoms with E-state index in [4.69, 9.17) is 0 Å². The number of aliphatic hydroxyl groups excluding tert-OH is 2. The minimum atomic E-state index is -5.05. The lowest BCUT2D eigenvalue weighted by atomic mass is 10.1. The molecule has 0 radical (unpaired) electrons. The highest BCUT2D eigenvalue weighted by Gasteiger charge is 2.20. The number of anilines is 6. The van der Waals surface area contributed by atoms with Gasteiger partial charge in [-0.25, -0.2) is 9.98 Å². The van der Waals surface area contributed by atoms with Crippen LogP contribution >= 0.6 is 0 Å². The summed E-state index contributed by atoms with van der Waals surface area (Å²) in [6.07, 6.45) is 2.26. The van der Waals surface area contributed by atoms with Crippen molar-refractivity contribution in [2.24, 2.45) is 9.98 Å². The number of hydrogen-bond donors (Lipinski definition) is 10. The van der Waals surface area contributed by atoms with Gasteiger partial charge in [0.15, 0.2) is 0 Å². The van der Waals surface area contributed by atoms with Crippen LogP contribution in [0.4, 0.5) is 46.5 Å². The Kier molecular flexibility index (Phi) is 17.7. The third kappa shape index (κ3) is 15.3. The van der Waals surface area contributed by atoms with Crippen molar-refractivity contribution in [1.29, 1.82) is 10.5 Å². The zero-order chi connectivity index (χ0) is 53.8. The van der Waals surface area contributed by atoms with E-state index in [9.17, 15) is 72.6 Å². The largest absolute Gasteiger partial charge is 0.395 e. The van der Waals surface area contributed by atoms with E-state index in [-0.39, 0.29) is 121 Å². The Balaban J connectivity index is 1.39. The Labute approximate surface area is 421 Å². The summed E-state index contributed by atoms with van der Waals surface area (Å²) in [5.41, 5.74) is -0.545. The van der Waals surface area contributed by atoms with E-state index in [1.807, 2.05) is 12.1 Å². The van der Waals surface area contributed by atoms with Crippen LogP contribution < -0.4 is 31.7 Å². The highest BCUT2D eigenvalue weighted by molar-refractivity contribution is 7.86. The molecule has 0 bridgehead atoms. The Morgan fingerprint density at radius 3 is 1.20 bits per heavy atom. The fourth-order valence-corrected chi connectivity index (χ4v) is 8.92. The monoisotopic (exact) mass is 1090 g/mol. The Morgan fingerprint density at radius 1 is 0.527 bits per heavy atom. The molecule has 0 fully saturated rings. The lowest BCUT2D eigenvalue weighted by molar-refractivity contribution is 0.301. The van der Waals surface area contributed by atoms with E-state index in [0.29, 0.717) is 0 Å². The summed E-state index contributed by atoms with van der Waals surface area (Å²) < 4.78 is 137. The number of benzene rings is 4. The molecule has 0 unspecified atom stereocenters. The van der Waals surface area contributed by atoms with Crippen LogP contribution in [0.1, 0.15) is 24.0 Å².